The molecule has 0 unspecified atom stereocenters. The van der Waals surface area contributed by atoms with E-state index in [-0.39, 0.29) is 11.4 Å². The van der Waals surface area contributed by atoms with E-state index in [1.807, 2.05) is 6.92 Å². The minimum absolute atomic E-state index is 0.248. The lowest BCUT2D eigenvalue weighted by molar-refractivity contribution is 0.336. The predicted octanol–water partition coefficient (Wildman–Crippen LogP) is 2.01. The van der Waals surface area contributed by atoms with Crippen LogP contribution in [0, 0.1) is 5.92 Å². The summed E-state index contributed by atoms with van der Waals surface area (Å²) in [5.41, 5.74) is 6.37. The Morgan fingerprint density at radius 3 is 2.76 bits per heavy atom. The largest absolute Gasteiger partial charge is 0.494 e. The Hall–Kier alpha value is -1.11. The molecule has 1 aliphatic carbocycles. The van der Waals surface area contributed by atoms with Crippen LogP contribution >= 0.6 is 0 Å². The van der Waals surface area contributed by atoms with Gasteiger partial charge in [0, 0.05) is 18.7 Å². The number of hydrogen-bond acceptors (Lipinski definition) is 4. The van der Waals surface area contributed by atoms with Gasteiger partial charge in [0.25, 0.3) is 0 Å². The maximum atomic E-state index is 12.2. The normalized spacial score (nSPS) is 15.1. The third kappa shape index (κ3) is 4.69. The quantitative estimate of drug-likeness (QED) is 0.683. The second kappa shape index (κ2) is 7.24. The number of ether oxygens (including phenoxy) is 1. The summed E-state index contributed by atoms with van der Waals surface area (Å²) in [6, 6.07) is 4.83. The minimum Gasteiger partial charge on any atom is -0.494 e. The number of nitrogens with two attached hydrogens (primary N) is 1. The Kier molecular flexibility index (Phi) is 5.61. The van der Waals surface area contributed by atoms with Gasteiger partial charge in [-0.2, -0.15) is 0 Å². The topological polar surface area (TPSA) is 81.4 Å². The first-order valence-electron chi connectivity index (χ1n) is 7.52. The summed E-state index contributed by atoms with van der Waals surface area (Å²) in [6.07, 6.45) is 4.60. The maximum absolute atomic E-state index is 12.2. The molecule has 0 bridgehead atoms. The molecule has 0 radical (unpaired) electrons. The van der Waals surface area contributed by atoms with E-state index in [1.165, 1.54) is 12.8 Å². The van der Waals surface area contributed by atoms with Crippen molar-refractivity contribution in [3.05, 3.63) is 23.8 Å². The Morgan fingerprint density at radius 2 is 2.14 bits per heavy atom. The van der Waals surface area contributed by atoms with Crippen LogP contribution in [0.4, 0.5) is 0 Å². The third-order valence-corrected chi connectivity index (χ3v) is 5.10. The van der Waals surface area contributed by atoms with Crippen LogP contribution < -0.4 is 15.2 Å². The number of sulfonamides is 1. The fourth-order valence-electron chi connectivity index (χ4n) is 2.27. The van der Waals surface area contributed by atoms with Crippen LogP contribution in [0.5, 0.6) is 5.75 Å². The molecule has 1 aromatic carbocycles. The molecule has 6 heteroatoms. The molecule has 0 amide bonds. The smallest absolute Gasteiger partial charge is 0.240 e. The molecular weight excluding hydrogens is 288 g/mol. The van der Waals surface area contributed by atoms with Crippen LogP contribution in [0.2, 0.25) is 0 Å². The SMILES string of the molecule is CCOc1ccc(S(=O)(=O)NCCCC2CC2)cc1CN. The second-order valence-electron chi connectivity index (χ2n) is 5.39. The lowest BCUT2D eigenvalue weighted by atomic mass is 10.2. The molecule has 0 heterocycles. The summed E-state index contributed by atoms with van der Waals surface area (Å²) in [5, 5.41) is 0. The summed E-state index contributed by atoms with van der Waals surface area (Å²) in [7, 11) is -3.46. The van der Waals surface area contributed by atoms with Crippen LogP contribution in [0.3, 0.4) is 0 Å². The van der Waals surface area contributed by atoms with Crippen molar-refractivity contribution in [3.63, 3.8) is 0 Å². The predicted molar refractivity (Wildman–Crippen MR) is 82.6 cm³/mol. The zero-order valence-electron chi connectivity index (χ0n) is 12.5. The van der Waals surface area contributed by atoms with Crippen molar-refractivity contribution < 1.29 is 13.2 Å². The molecule has 21 heavy (non-hydrogen) atoms. The van der Waals surface area contributed by atoms with Gasteiger partial charge >= 0.3 is 0 Å². The van der Waals surface area contributed by atoms with Crippen LogP contribution in [-0.4, -0.2) is 21.6 Å². The second-order valence-corrected chi connectivity index (χ2v) is 7.16. The van der Waals surface area contributed by atoms with Crippen LogP contribution in [0.15, 0.2) is 23.1 Å². The Morgan fingerprint density at radius 1 is 1.38 bits per heavy atom. The number of benzene rings is 1. The highest BCUT2D eigenvalue weighted by molar-refractivity contribution is 7.89. The van der Waals surface area contributed by atoms with Crippen molar-refractivity contribution in [2.24, 2.45) is 11.7 Å². The van der Waals surface area contributed by atoms with Crippen LogP contribution in [0.25, 0.3) is 0 Å². The monoisotopic (exact) mass is 312 g/mol. The van der Waals surface area contributed by atoms with E-state index in [2.05, 4.69) is 4.72 Å². The average molecular weight is 312 g/mol. The van der Waals surface area contributed by atoms with Gasteiger partial charge in [0.2, 0.25) is 10.0 Å². The molecule has 0 atom stereocenters. The number of hydrogen-bond donors (Lipinski definition) is 2. The number of rotatable bonds is 9. The highest BCUT2D eigenvalue weighted by Crippen LogP contribution is 2.33. The van der Waals surface area contributed by atoms with Crippen molar-refractivity contribution in [3.8, 4) is 5.75 Å². The number of nitrogens with one attached hydrogen (secondary N) is 1. The highest BCUT2D eigenvalue weighted by Gasteiger charge is 2.21. The molecular formula is C15H24N2O3S. The molecule has 3 N–H and O–H groups in total. The Bertz CT molecular complexity index is 568. The first kappa shape index (κ1) is 16.3. The first-order valence-corrected chi connectivity index (χ1v) is 9.00. The molecule has 2 rings (SSSR count). The van der Waals surface area contributed by atoms with Crippen molar-refractivity contribution in [1.29, 1.82) is 0 Å². The molecule has 1 aromatic rings. The zero-order valence-corrected chi connectivity index (χ0v) is 13.3. The van der Waals surface area contributed by atoms with Gasteiger partial charge in [0.05, 0.1) is 11.5 Å². The maximum Gasteiger partial charge on any atom is 0.240 e. The Balaban J connectivity index is 2.00. The van der Waals surface area contributed by atoms with Gasteiger partial charge in [-0.25, -0.2) is 13.1 Å². The summed E-state index contributed by atoms with van der Waals surface area (Å²) in [6.45, 7) is 3.15. The standard InChI is InChI=1S/C15H24N2O3S/c1-2-20-15-8-7-14(10-13(15)11-16)21(18,19)17-9-3-4-12-5-6-12/h7-8,10,12,17H,2-6,9,11,16H2,1H3. The zero-order chi connectivity index (χ0) is 15.3. The van der Waals surface area contributed by atoms with E-state index in [9.17, 15) is 8.42 Å². The average Bonchev–Trinajstić information content (AvgIpc) is 3.28. The van der Waals surface area contributed by atoms with Gasteiger partial charge < -0.3 is 10.5 Å². The molecule has 1 saturated carbocycles. The molecule has 0 aliphatic heterocycles. The van der Waals surface area contributed by atoms with E-state index in [0.29, 0.717) is 24.5 Å². The van der Waals surface area contributed by atoms with E-state index in [0.717, 1.165) is 18.8 Å². The van der Waals surface area contributed by atoms with Crippen molar-refractivity contribution in [2.45, 2.75) is 44.0 Å². The lowest BCUT2D eigenvalue weighted by Gasteiger charge is -2.12. The van der Waals surface area contributed by atoms with Gasteiger partial charge in [-0.3, -0.25) is 0 Å². The first-order chi connectivity index (χ1) is 10.1. The fraction of sp³-hybridized carbons (Fsp3) is 0.600. The third-order valence-electron chi connectivity index (χ3n) is 3.64. The van der Waals surface area contributed by atoms with E-state index in [1.54, 1.807) is 18.2 Å². The Labute approximate surface area is 126 Å². The molecule has 1 fully saturated rings. The molecule has 5 nitrogen and oxygen atoms in total. The highest BCUT2D eigenvalue weighted by atomic mass is 32.2. The van der Waals surface area contributed by atoms with Gasteiger partial charge in [-0.1, -0.05) is 12.8 Å². The van der Waals surface area contributed by atoms with Gasteiger partial charge in [-0.15, -0.1) is 0 Å². The fourth-order valence-corrected chi connectivity index (χ4v) is 3.39. The van der Waals surface area contributed by atoms with E-state index < -0.39 is 10.0 Å². The van der Waals surface area contributed by atoms with Crippen LogP contribution in [0.1, 0.15) is 38.2 Å². The van der Waals surface area contributed by atoms with Gasteiger partial charge in [0.15, 0.2) is 0 Å². The van der Waals surface area contributed by atoms with Crippen LogP contribution in [-0.2, 0) is 16.6 Å². The molecule has 118 valence electrons. The van der Waals surface area contributed by atoms with Crippen molar-refractivity contribution in [2.75, 3.05) is 13.2 Å². The molecule has 1 aliphatic rings. The van der Waals surface area contributed by atoms with E-state index in [4.69, 9.17) is 10.5 Å². The minimum atomic E-state index is -3.46. The summed E-state index contributed by atoms with van der Waals surface area (Å²) in [4.78, 5) is 0.248. The van der Waals surface area contributed by atoms with Gasteiger partial charge in [-0.05, 0) is 43.9 Å². The summed E-state index contributed by atoms with van der Waals surface area (Å²) < 4.78 is 32.6. The van der Waals surface area contributed by atoms with E-state index >= 15 is 0 Å². The lowest BCUT2D eigenvalue weighted by Crippen LogP contribution is -2.25. The van der Waals surface area contributed by atoms with Crippen molar-refractivity contribution >= 4 is 10.0 Å². The summed E-state index contributed by atoms with van der Waals surface area (Å²) in [5.74, 6) is 1.47. The summed E-state index contributed by atoms with van der Waals surface area (Å²) >= 11 is 0. The molecule has 0 saturated heterocycles. The van der Waals surface area contributed by atoms with Crippen molar-refractivity contribution in [1.82, 2.24) is 4.72 Å². The molecule has 0 spiro atoms. The van der Waals surface area contributed by atoms with Gasteiger partial charge in [0.1, 0.15) is 5.75 Å². The molecule has 0 aromatic heterocycles.